The van der Waals surface area contributed by atoms with Crippen molar-refractivity contribution in [1.82, 2.24) is 0 Å². The molecule has 0 saturated heterocycles. The molecule has 4 N–H and O–H groups in total. The number of nitrogens with one attached hydrogen (secondary N) is 2. The number of amides is 2. The number of carboxylic acids is 2. The SMILES string of the molecule is CC(C)N(c1ccc(C(=O)O)cc1)S(=O)(=O)c1cccc(C(=O)Nc2sc3c(c2C(=O)Nc2ccc(CCc4ccc(C(=O)O)cc4)cc2)CCCC3)c1. The van der Waals surface area contributed by atoms with Gasteiger partial charge in [0.1, 0.15) is 5.00 Å². The molecule has 0 spiro atoms. The number of thiophene rings is 1. The van der Waals surface area contributed by atoms with Crippen molar-refractivity contribution in [3.05, 3.63) is 141 Å². The third kappa shape index (κ3) is 8.37. The molecule has 0 bridgehead atoms. The first-order chi connectivity index (χ1) is 25.8. The van der Waals surface area contributed by atoms with E-state index in [1.165, 1.54) is 64.2 Å². The van der Waals surface area contributed by atoms with Gasteiger partial charge < -0.3 is 20.8 Å². The van der Waals surface area contributed by atoms with Gasteiger partial charge in [0.2, 0.25) is 0 Å². The Labute approximate surface area is 317 Å². The van der Waals surface area contributed by atoms with Crippen molar-refractivity contribution in [2.45, 2.75) is 63.3 Å². The average molecular weight is 766 g/mol. The number of fused-ring (bicyclic) bond motifs is 1. The van der Waals surface area contributed by atoms with E-state index in [9.17, 15) is 32.7 Å². The lowest BCUT2D eigenvalue weighted by molar-refractivity contribution is 0.0686. The number of carbonyl (C=O) groups excluding carboxylic acids is 2. The average Bonchev–Trinajstić information content (AvgIpc) is 3.52. The molecule has 4 aromatic carbocycles. The molecule has 0 aliphatic heterocycles. The van der Waals surface area contributed by atoms with Crippen LogP contribution in [0.2, 0.25) is 0 Å². The quantitative estimate of drug-likeness (QED) is 0.0937. The number of anilines is 3. The van der Waals surface area contributed by atoms with E-state index in [0.29, 0.717) is 22.7 Å². The highest BCUT2D eigenvalue weighted by molar-refractivity contribution is 7.92. The number of hydrogen-bond donors (Lipinski definition) is 4. The minimum atomic E-state index is -4.17. The molecule has 54 heavy (non-hydrogen) atoms. The highest BCUT2D eigenvalue weighted by Gasteiger charge is 2.30. The van der Waals surface area contributed by atoms with Crippen LogP contribution >= 0.6 is 11.3 Å². The first kappa shape index (κ1) is 38.0. The number of benzene rings is 4. The summed E-state index contributed by atoms with van der Waals surface area (Å²) in [4.78, 5) is 51.0. The molecule has 278 valence electrons. The smallest absolute Gasteiger partial charge is 0.335 e. The lowest BCUT2D eigenvalue weighted by Gasteiger charge is -2.28. The Morgan fingerprint density at radius 2 is 1.30 bits per heavy atom. The van der Waals surface area contributed by atoms with Crippen LogP contribution in [0.15, 0.2) is 102 Å². The van der Waals surface area contributed by atoms with Crippen LogP contribution in [0.4, 0.5) is 16.4 Å². The Kier molecular flexibility index (Phi) is 11.3. The monoisotopic (exact) mass is 765 g/mol. The predicted octanol–water partition coefficient (Wildman–Crippen LogP) is 7.92. The van der Waals surface area contributed by atoms with Crippen LogP contribution in [0, 0.1) is 0 Å². The molecule has 6 rings (SSSR count). The van der Waals surface area contributed by atoms with Crippen LogP contribution in [0.3, 0.4) is 0 Å². The van der Waals surface area contributed by atoms with Crippen LogP contribution in [0.5, 0.6) is 0 Å². The summed E-state index contributed by atoms with van der Waals surface area (Å²) < 4.78 is 29.1. The number of carboxylic acid groups (broad SMARTS) is 2. The summed E-state index contributed by atoms with van der Waals surface area (Å²) in [5.41, 5.74) is 4.60. The molecule has 0 atom stereocenters. The van der Waals surface area contributed by atoms with Crippen LogP contribution in [-0.2, 0) is 35.7 Å². The van der Waals surface area contributed by atoms with Gasteiger partial charge in [-0.2, -0.15) is 0 Å². The molecule has 1 aromatic heterocycles. The fraction of sp³-hybridized carbons (Fsp3) is 0.220. The van der Waals surface area contributed by atoms with E-state index in [1.807, 2.05) is 36.4 Å². The van der Waals surface area contributed by atoms with Crippen LogP contribution < -0.4 is 14.9 Å². The molecule has 1 aliphatic rings. The van der Waals surface area contributed by atoms with Crippen molar-refractivity contribution in [3.63, 3.8) is 0 Å². The van der Waals surface area contributed by atoms with Gasteiger partial charge in [-0.25, -0.2) is 18.0 Å². The molecule has 13 heteroatoms. The summed E-state index contributed by atoms with van der Waals surface area (Å²) in [6.07, 6.45) is 4.82. The van der Waals surface area contributed by atoms with E-state index in [0.717, 1.165) is 53.7 Å². The van der Waals surface area contributed by atoms with Gasteiger partial charge in [0.05, 0.1) is 27.3 Å². The second kappa shape index (κ2) is 16.1. The first-order valence-corrected chi connectivity index (χ1v) is 19.7. The van der Waals surface area contributed by atoms with E-state index in [1.54, 1.807) is 26.0 Å². The molecule has 0 saturated carbocycles. The summed E-state index contributed by atoms with van der Waals surface area (Å²) in [6, 6.07) is 25.0. The van der Waals surface area contributed by atoms with Gasteiger partial charge in [-0.3, -0.25) is 13.9 Å². The number of hydrogen-bond acceptors (Lipinski definition) is 7. The predicted molar refractivity (Wildman–Crippen MR) is 209 cm³/mol. The summed E-state index contributed by atoms with van der Waals surface area (Å²) in [5, 5.41) is 24.7. The maximum Gasteiger partial charge on any atom is 0.335 e. The summed E-state index contributed by atoms with van der Waals surface area (Å²) in [6.45, 7) is 3.40. The minimum Gasteiger partial charge on any atom is -0.478 e. The normalized spacial score (nSPS) is 12.5. The topological polar surface area (TPSA) is 170 Å². The molecule has 5 aromatic rings. The van der Waals surface area contributed by atoms with Gasteiger partial charge in [0, 0.05) is 22.2 Å². The molecule has 0 unspecified atom stereocenters. The Hall–Kier alpha value is -5.79. The van der Waals surface area contributed by atoms with Gasteiger partial charge in [-0.15, -0.1) is 11.3 Å². The van der Waals surface area contributed by atoms with Gasteiger partial charge in [-0.1, -0.05) is 30.3 Å². The minimum absolute atomic E-state index is 0.0236. The molecule has 11 nitrogen and oxygen atoms in total. The maximum atomic E-state index is 13.9. The Morgan fingerprint density at radius 3 is 1.89 bits per heavy atom. The largest absolute Gasteiger partial charge is 0.478 e. The molecular formula is C41H39N3O8S2. The van der Waals surface area contributed by atoms with Crippen molar-refractivity contribution < 1.29 is 37.8 Å². The zero-order chi connectivity index (χ0) is 38.6. The van der Waals surface area contributed by atoms with Gasteiger partial charge in [-0.05, 0) is 136 Å². The number of aromatic carboxylic acids is 2. The Balaban J connectivity index is 1.18. The second-order valence-electron chi connectivity index (χ2n) is 13.3. The number of sulfonamides is 1. The number of nitrogens with zero attached hydrogens (tertiary/aromatic N) is 1. The molecule has 2 amide bonds. The Bertz CT molecular complexity index is 2320. The third-order valence-electron chi connectivity index (χ3n) is 9.23. The summed E-state index contributed by atoms with van der Waals surface area (Å²) >= 11 is 1.36. The third-order valence-corrected chi connectivity index (χ3v) is 12.4. The van der Waals surface area contributed by atoms with E-state index in [2.05, 4.69) is 10.6 Å². The highest BCUT2D eigenvalue weighted by atomic mass is 32.2. The number of aryl methyl sites for hydroxylation is 3. The fourth-order valence-electron chi connectivity index (χ4n) is 6.50. The molecular weight excluding hydrogens is 727 g/mol. The zero-order valence-corrected chi connectivity index (χ0v) is 31.3. The number of rotatable bonds is 13. The number of carbonyl (C=O) groups is 4. The van der Waals surface area contributed by atoms with E-state index >= 15 is 0 Å². The standard InChI is InChI=1S/C41H39N3O8S2/c1-25(2)44(32-22-18-29(19-23-32)41(49)50)54(51,52)33-7-5-6-30(24-33)37(45)43-39-36(34-8-3-4-9-35(34)53-39)38(46)42-31-20-14-27(15-21-31)11-10-26-12-16-28(17-13-26)40(47)48/h5-7,12-25H,3-4,8-11H2,1-2H3,(H,42,46)(H,43,45)(H,47,48)(H,49,50). The van der Waals surface area contributed by atoms with E-state index < -0.39 is 33.9 Å². The lowest BCUT2D eigenvalue weighted by atomic mass is 9.95. The lowest BCUT2D eigenvalue weighted by Crippen LogP contribution is -2.37. The first-order valence-electron chi connectivity index (χ1n) is 17.5. The molecule has 0 radical (unpaired) electrons. The molecule has 1 aliphatic carbocycles. The fourth-order valence-corrected chi connectivity index (χ4v) is 9.49. The second-order valence-corrected chi connectivity index (χ2v) is 16.2. The van der Waals surface area contributed by atoms with Crippen LogP contribution in [0.1, 0.15) is 89.7 Å². The van der Waals surface area contributed by atoms with E-state index in [-0.39, 0.29) is 33.2 Å². The highest BCUT2D eigenvalue weighted by Crippen LogP contribution is 2.39. The Morgan fingerprint density at radius 1 is 0.722 bits per heavy atom. The van der Waals surface area contributed by atoms with Crippen molar-refractivity contribution in [1.29, 1.82) is 0 Å². The van der Waals surface area contributed by atoms with Gasteiger partial charge in [0.15, 0.2) is 0 Å². The van der Waals surface area contributed by atoms with Crippen molar-refractivity contribution in [2.24, 2.45) is 0 Å². The van der Waals surface area contributed by atoms with Crippen molar-refractivity contribution in [2.75, 3.05) is 14.9 Å². The maximum absolute atomic E-state index is 13.9. The molecule has 1 heterocycles. The zero-order valence-electron chi connectivity index (χ0n) is 29.7. The van der Waals surface area contributed by atoms with Crippen molar-refractivity contribution in [3.8, 4) is 0 Å². The van der Waals surface area contributed by atoms with Crippen LogP contribution in [-0.4, -0.2) is 48.4 Å². The van der Waals surface area contributed by atoms with E-state index in [4.69, 9.17) is 5.11 Å². The van der Waals surface area contributed by atoms with Crippen molar-refractivity contribution >= 4 is 61.5 Å². The van der Waals surface area contributed by atoms with Gasteiger partial charge in [0.25, 0.3) is 21.8 Å². The summed E-state index contributed by atoms with van der Waals surface area (Å²) in [5.74, 6) is -3.01. The summed E-state index contributed by atoms with van der Waals surface area (Å²) in [7, 11) is -4.17. The molecule has 0 fully saturated rings. The van der Waals surface area contributed by atoms with Gasteiger partial charge >= 0.3 is 11.9 Å². The van der Waals surface area contributed by atoms with Crippen LogP contribution in [0.25, 0.3) is 0 Å².